The maximum absolute atomic E-state index is 11.1. The molecule has 0 bridgehead atoms. The number of nitrogens with zero attached hydrogens (tertiary/aromatic N) is 4. The third-order valence-corrected chi connectivity index (χ3v) is 1.60. The Kier molecular flexibility index (Phi) is 1.66. The second-order valence-electron chi connectivity index (χ2n) is 2.34. The van der Waals surface area contributed by atoms with Crippen LogP contribution in [0.5, 0.6) is 0 Å². The molecule has 0 aliphatic rings. The monoisotopic (exact) mass is 178 g/mol. The van der Waals surface area contributed by atoms with Gasteiger partial charge in [-0.2, -0.15) is 0 Å². The molecule has 0 saturated carbocycles. The van der Waals surface area contributed by atoms with Gasteiger partial charge >= 0.3 is 5.97 Å². The van der Waals surface area contributed by atoms with Crippen molar-refractivity contribution in [3.63, 3.8) is 0 Å². The van der Waals surface area contributed by atoms with Gasteiger partial charge in [-0.3, -0.25) is 4.98 Å². The molecule has 66 valence electrons. The third-order valence-electron chi connectivity index (χ3n) is 1.60. The lowest BCUT2D eigenvalue weighted by Crippen LogP contribution is -2.02. The first-order valence-electron chi connectivity index (χ1n) is 3.56. The van der Waals surface area contributed by atoms with Crippen LogP contribution in [0.3, 0.4) is 0 Å². The highest BCUT2D eigenvalue weighted by Crippen LogP contribution is 2.05. The van der Waals surface area contributed by atoms with Crippen molar-refractivity contribution in [2.75, 3.05) is 7.11 Å². The van der Waals surface area contributed by atoms with Crippen molar-refractivity contribution in [2.45, 2.75) is 0 Å². The fraction of sp³-hybridized carbons (Fsp3) is 0.143. The molecule has 2 aromatic rings. The summed E-state index contributed by atoms with van der Waals surface area (Å²) < 4.78 is 5.98. The standard InChI is InChI=1S/C7H6N4O2/c1-13-7(12)6-5-4-8-2-3-11(5)10-9-6/h2-4H,1H3. The van der Waals surface area contributed by atoms with Crippen molar-refractivity contribution in [1.29, 1.82) is 0 Å². The topological polar surface area (TPSA) is 69.4 Å². The molecule has 0 aromatic carbocycles. The van der Waals surface area contributed by atoms with E-state index in [-0.39, 0.29) is 5.69 Å². The SMILES string of the molecule is COC(=O)c1nnn2ccncc12. The zero-order valence-electron chi connectivity index (χ0n) is 6.84. The van der Waals surface area contributed by atoms with Crippen LogP contribution in [-0.4, -0.2) is 32.9 Å². The second-order valence-corrected chi connectivity index (χ2v) is 2.34. The minimum atomic E-state index is -0.511. The Labute approximate surface area is 73.2 Å². The molecule has 2 rings (SSSR count). The van der Waals surface area contributed by atoms with Gasteiger partial charge in [0.25, 0.3) is 0 Å². The summed E-state index contributed by atoms with van der Waals surface area (Å²) in [4.78, 5) is 15.0. The number of rotatable bonds is 1. The molecule has 0 atom stereocenters. The average Bonchev–Trinajstić information content (AvgIpc) is 2.60. The maximum atomic E-state index is 11.1. The summed E-state index contributed by atoms with van der Waals surface area (Å²) in [7, 11) is 1.30. The molecule has 6 heteroatoms. The first-order chi connectivity index (χ1) is 6.33. The van der Waals surface area contributed by atoms with Crippen LogP contribution >= 0.6 is 0 Å². The summed E-state index contributed by atoms with van der Waals surface area (Å²) in [6.07, 6.45) is 4.67. The first-order valence-corrected chi connectivity index (χ1v) is 3.56. The number of aromatic nitrogens is 4. The Balaban J connectivity index is 2.64. The minimum Gasteiger partial charge on any atom is -0.464 e. The molecule has 0 N–H and O–H groups in total. The zero-order chi connectivity index (χ0) is 9.26. The molecule has 0 aliphatic carbocycles. The zero-order valence-corrected chi connectivity index (χ0v) is 6.84. The Hall–Kier alpha value is -1.98. The van der Waals surface area contributed by atoms with E-state index >= 15 is 0 Å². The van der Waals surface area contributed by atoms with Crippen LogP contribution in [0.1, 0.15) is 10.5 Å². The molecule has 6 nitrogen and oxygen atoms in total. The van der Waals surface area contributed by atoms with Gasteiger partial charge in [0.15, 0.2) is 5.69 Å². The molecule has 0 fully saturated rings. The molecular weight excluding hydrogens is 172 g/mol. The summed E-state index contributed by atoms with van der Waals surface area (Å²) in [5, 5.41) is 7.38. The average molecular weight is 178 g/mol. The molecule has 0 radical (unpaired) electrons. The lowest BCUT2D eigenvalue weighted by atomic mass is 10.4. The number of esters is 1. The van der Waals surface area contributed by atoms with E-state index in [0.717, 1.165) is 0 Å². The van der Waals surface area contributed by atoms with Gasteiger partial charge in [-0.15, -0.1) is 5.10 Å². The predicted octanol–water partition coefficient (Wildman–Crippen LogP) is -0.0891. The second kappa shape index (κ2) is 2.81. The molecule has 0 saturated heterocycles. The van der Waals surface area contributed by atoms with Gasteiger partial charge in [0.1, 0.15) is 5.52 Å². The van der Waals surface area contributed by atoms with Crippen molar-refractivity contribution in [3.8, 4) is 0 Å². The van der Waals surface area contributed by atoms with Crippen molar-refractivity contribution < 1.29 is 9.53 Å². The van der Waals surface area contributed by atoms with Crippen molar-refractivity contribution in [2.24, 2.45) is 0 Å². The normalized spacial score (nSPS) is 10.2. The third kappa shape index (κ3) is 1.12. The quantitative estimate of drug-likeness (QED) is 0.571. The Morgan fingerprint density at radius 3 is 3.23 bits per heavy atom. The number of methoxy groups -OCH3 is 1. The van der Waals surface area contributed by atoms with Gasteiger partial charge in [0.2, 0.25) is 0 Å². The van der Waals surface area contributed by atoms with Gasteiger partial charge in [-0.25, -0.2) is 9.31 Å². The number of fused-ring (bicyclic) bond motifs is 1. The largest absolute Gasteiger partial charge is 0.464 e. The van der Waals surface area contributed by atoms with Crippen LogP contribution in [0.4, 0.5) is 0 Å². The van der Waals surface area contributed by atoms with E-state index in [9.17, 15) is 4.79 Å². The van der Waals surface area contributed by atoms with Crippen LogP contribution in [0.2, 0.25) is 0 Å². The van der Waals surface area contributed by atoms with E-state index in [1.807, 2.05) is 0 Å². The summed E-state index contributed by atoms with van der Waals surface area (Å²) in [6.45, 7) is 0. The summed E-state index contributed by atoms with van der Waals surface area (Å²) in [6, 6.07) is 0. The Morgan fingerprint density at radius 1 is 1.62 bits per heavy atom. The van der Waals surface area contributed by atoms with Crippen molar-refractivity contribution in [3.05, 3.63) is 24.3 Å². The lowest BCUT2D eigenvalue weighted by Gasteiger charge is -1.92. The van der Waals surface area contributed by atoms with E-state index in [4.69, 9.17) is 0 Å². The van der Waals surface area contributed by atoms with Crippen LogP contribution < -0.4 is 0 Å². The molecule has 0 amide bonds. The molecule has 2 heterocycles. The van der Waals surface area contributed by atoms with Crippen molar-refractivity contribution in [1.82, 2.24) is 19.8 Å². The highest BCUT2D eigenvalue weighted by atomic mass is 16.5. The Morgan fingerprint density at radius 2 is 2.46 bits per heavy atom. The van der Waals surface area contributed by atoms with Crippen LogP contribution in [-0.2, 0) is 4.74 Å². The minimum absolute atomic E-state index is 0.176. The fourth-order valence-corrected chi connectivity index (χ4v) is 0.989. The number of hydrogen-bond acceptors (Lipinski definition) is 5. The van der Waals surface area contributed by atoms with Gasteiger partial charge in [0.05, 0.1) is 13.3 Å². The van der Waals surface area contributed by atoms with Gasteiger partial charge in [0, 0.05) is 12.4 Å². The van der Waals surface area contributed by atoms with Gasteiger partial charge in [-0.05, 0) is 0 Å². The van der Waals surface area contributed by atoms with E-state index < -0.39 is 5.97 Å². The molecular formula is C7H6N4O2. The highest BCUT2D eigenvalue weighted by Gasteiger charge is 2.14. The maximum Gasteiger partial charge on any atom is 0.360 e. The summed E-state index contributed by atoms with van der Waals surface area (Å²) in [5.74, 6) is -0.511. The van der Waals surface area contributed by atoms with Crippen LogP contribution in [0.25, 0.3) is 5.52 Å². The molecule has 13 heavy (non-hydrogen) atoms. The van der Waals surface area contributed by atoms with E-state index in [1.165, 1.54) is 17.8 Å². The number of ether oxygens (including phenoxy) is 1. The van der Waals surface area contributed by atoms with Crippen molar-refractivity contribution >= 4 is 11.5 Å². The Bertz CT molecular complexity index is 450. The van der Waals surface area contributed by atoms with Crippen LogP contribution in [0.15, 0.2) is 18.6 Å². The molecule has 0 spiro atoms. The van der Waals surface area contributed by atoms with Crippen LogP contribution in [0, 0.1) is 0 Å². The van der Waals surface area contributed by atoms with E-state index in [0.29, 0.717) is 5.52 Å². The highest BCUT2D eigenvalue weighted by molar-refractivity contribution is 5.94. The lowest BCUT2D eigenvalue weighted by molar-refractivity contribution is 0.0596. The van der Waals surface area contributed by atoms with Gasteiger partial charge < -0.3 is 4.74 Å². The molecule has 0 unspecified atom stereocenters. The summed E-state index contributed by atoms with van der Waals surface area (Å²) in [5.41, 5.74) is 0.713. The fourth-order valence-electron chi connectivity index (χ4n) is 0.989. The first kappa shape index (κ1) is 7.66. The predicted molar refractivity (Wildman–Crippen MR) is 42.1 cm³/mol. The summed E-state index contributed by atoms with van der Waals surface area (Å²) >= 11 is 0. The van der Waals surface area contributed by atoms with Gasteiger partial charge in [-0.1, -0.05) is 5.21 Å². The smallest absolute Gasteiger partial charge is 0.360 e. The molecule has 0 aliphatic heterocycles. The number of carbonyl (C=O) groups excluding carboxylic acids is 1. The van der Waals surface area contributed by atoms with E-state index in [1.54, 1.807) is 12.4 Å². The number of hydrogen-bond donors (Lipinski definition) is 0. The molecule has 2 aromatic heterocycles. The number of carbonyl (C=O) groups is 1. The van der Waals surface area contributed by atoms with E-state index in [2.05, 4.69) is 20.0 Å².